The maximum Gasteiger partial charge on any atom is 0.284 e. The summed E-state index contributed by atoms with van der Waals surface area (Å²) in [6.07, 6.45) is 1.63. The number of carbonyl (C=O) groups is 1. The molecule has 0 atom stereocenters. The molecule has 8 heteroatoms. The summed E-state index contributed by atoms with van der Waals surface area (Å²) in [7, 11) is 0. The number of nitro benzene ring substituents is 1. The first-order valence-electron chi connectivity index (χ1n) is 8.15. The summed E-state index contributed by atoms with van der Waals surface area (Å²) in [6, 6.07) is 18.2. The molecule has 28 heavy (non-hydrogen) atoms. The van der Waals surface area contributed by atoms with Crippen molar-refractivity contribution < 1.29 is 9.72 Å². The standard InChI is InChI=1S/C20H11BrN2O3S2/c21-15-9-8-12(10-17(15)23(25)26)11-18-19(24)22(20(27)28-18)16-7-3-5-13-4-1-2-6-14(13)16/h1-11H/b18-11+. The van der Waals surface area contributed by atoms with Crippen LogP contribution >= 0.6 is 39.9 Å². The Bertz CT molecular complexity index is 1190. The second-order valence-electron chi connectivity index (χ2n) is 5.98. The summed E-state index contributed by atoms with van der Waals surface area (Å²) < 4.78 is 0.817. The number of amides is 1. The zero-order valence-corrected chi connectivity index (χ0v) is 17.4. The summed E-state index contributed by atoms with van der Waals surface area (Å²) in [5.41, 5.74) is 1.23. The number of thioether (sulfide) groups is 1. The van der Waals surface area contributed by atoms with Gasteiger partial charge in [-0.1, -0.05) is 66.4 Å². The van der Waals surface area contributed by atoms with Gasteiger partial charge in [-0.2, -0.15) is 0 Å². The number of anilines is 1. The third kappa shape index (κ3) is 3.34. The quantitative estimate of drug-likeness (QED) is 0.206. The van der Waals surface area contributed by atoms with Crippen molar-refractivity contribution in [2.24, 2.45) is 0 Å². The van der Waals surface area contributed by atoms with Crippen molar-refractivity contribution in [1.29, 1.82) is 0 Å². The third-order valence-corrected chi connectivity index (χ3v) is 6.24. The molecule has 0 aromatic heterocycles. The van der Waals surface area contributed by atoms with Gasteiger partial charge in [-0.25, -0.2) is 0 Å². The Labute approximate surface area is 178 Å². The number of carbonyl (C=O) groups excluding carboxylic acids is 1. The lowest BCUT2D eigenvalue weighted by Gasteiger charge is -2.17. The number of benzene rings is 3. The van der Waals surface area contributed by atoms with Crippen molar-refractivity contribution in [3.63, 3.8) is 0 Å². The highest BCUT2D eigenvalue weighted by Gasteiger charge is 2.34. The number of hydrogen-bond donors (Lipinski definition) is 0. The molecule has 0 bridgehead atoms. The number of nitro groups is 1. The fourth-order valence-electron chi connectivity index (χ4n) is 2.99. The molecule has 3 aromatic rings. The molecule has 0 N–H and O–H groups in total. The molecule has 1 fully saturated rings. The predicted octanol–water partition coefficient (Wildman–Crippen LogP) is 5.92. The Morgan fingerprint density at radius 1 is 1.11 bits per heavy atom. The molecule has 1 saturated heterocycles. The van der Waals surface area contributed by atoms with Crippen LogP contribution in [0.3, 0.4) is 0 Å². The minimum absolute atomic E-state index is 0.0571. The van der Waals surface area contributed by atoms with Gasteiger partial charge < -0.3 is 0 Å². The molecule has 1 heterocycles. The van der Waals surface area contributed by atoms with Gasteiger partial charge in [-0.15, -0.1) is 0 Å². The number of hydrogen-bond acceptors (Lipinski definition) is 5. The molecular weight excluding hydrogens is 460 g/mol. The highest BCUT2D eigenvalue weighted by atomic mass is 79.9. The normalized spacial score (nSPS) is 15.6. The highest BCUT2D eigenvalue weighted by Crippen LogP contribution is 2.39. The Kier molecular flexibility index (Phi) is 5.01. The van der Waals surface area contributed by atoms with E-state index in [4.69, 9.17) is 12.2 Å². The zero-order chi connectivity index (χ0) is 19.8. The van der Waals surface area contributed by atoms with E-state index >= 15 is 0 Å². The lowest BCUT2D eigenvalue weighted by Crippen LogP contribution is -2.27. The van der Waals surface area contributed by atoms with Gasteiger partial charge in [0.1, 0.15) is 0 Å². The molecule has 0 unspecified atom stereocenters. The topological polar surface area (TPSA) is 63.4 Å². The van der Waals surface area contributed by atoms with Crippen LogP contribution in [0.2, 0.25) is 0 Å². The second-order valence-corrected chi connectivity index (χ2v) is 8.51. The van der Waals surface area contributed by atoms with E-state index in [1.165, 1.54) is 22.7 Å². The third-order valence-electron chi connectivity index (χ3n) is 4.27. The first-order chi connectivity index (χ1) is 13.5. The van der Waals surface area contributed by atoms with Crippen LogP contribution in [0, 0.1) is 10.1 Å². The first-order valence-corrected chi connectivity index (χ1v) is 10.2. The molecule has 1 aliphatic heterocycles. The molecule has 0 aliphatic carbocycles. The van der Waals surface area contributed by atoms with Gasteiger partial charge in [0, 0.05) is 11.5 Å². The number of fused-ring (bicyclic) bond motifs is 1. The van der Waals surface area contributed by atoms with Crippen molar-refractivity contribution in [1.82, 2.24) is 0 Å². The number of halogens is 1. The lowest BCUT2D eigenvalue weighted by atomic mass is 10.1. The summed E-state index contributed by atoms with van der Waals surface area (Å²) in [5.74, 6) is -0.239. The predicted molar refractivity (Wildman–Crippen MR) is 120 cm³/mol. The Balaban J connectivity index is 1.75. The van der Waals surface area contributed by atoms with Gasteiger partial charge in [0.15, 0.2) is 4.32 Å². The number of rotatable bonds is 3. The van der Waals surface area contributed by atoms with E-state index in [1.807, 2.05) is 42.5 Å². The minimum Gasteiger partial charge on any atom is -0.268 e. The fraction of sp³-hybridized carbons (Fsp3) is 0. The van der Waals surface area contributed by atoms with Gasteiger partial charge >= 0.3 is 0 Å². The first kappa shape index (κ1) is 18.8. The van der Waals surface area contributed by atoms with Gasteiger partial charge in [0.2, 0.25) is 0 Å². The molecular formula is C20H11BrN2O3S2. The summed E-state index contributed by atoms with van der Waals surface area (Å²) in [4.78, 5) is 25.7. The van der Waals surface area contributed by atoms with E-state index in [0.29, 0.717) is 19.3 Å². The lowest BCUT2D eigenvalue weighted by molar-refractivity contribution is -0.385. The Hall–Kier alpha value is -2.55. The summed E-state index contributed by atoms with van der Waals surface area (Å²) in [6.45, 7) is 0. The van der Waals surface area contributed by atoms with Gasteiger partial charge in [-0.05, 0) is 45.1 Å². The average molecular weight is 471 g/mol. The van der Waals surface area contributed by atoms with Gasteiger partial charge in [-0.3, -0.25) is 19.8 Å². The Morgan fingerprint density at radius 3 is 2.64 bits per heavy atom. The zero-order valence-electron chi connectivity index (χ0n) is 14.2. The van der Waals surface area contributed by atoms with E-state index in [9.17, 15) is 14.9 Å². The van der Waals surface area contributed by atoms with Crippen LogP contribution in [0.4, 0.5) is 11.4 Å². The molecule has 1 amide bonds. The Morgan fingerprint density at radius 2 is 1.86 bits per heavy atom. The molecule has 0 saturated carbocycles. The molecule has 1 aliphatic rings. The maximum atomic E-state index is 13.1. The second kappa shape index (κ2) is 7.46. The van der Waals surface area contributed by atoms with Crippen LogP contribution in [0.25, 0.3) is 16.8 Å². The van der Waals surface area contributed by atoms with Crippen LogP contribution < -0.4 is 4.90 Å². The molecule has 3 aromatic carbocycles. The molecule has 0 spiro atoms. The smallest absolute Gasteiger partial charge is 0.268 e. The molecule has 0 radical (unpaired) electrons. The summed E-state index contributed by atoms with van der Waals surface area (Å²) in [5, 5.41) is 13.1. The minimum atomic E-state index is -0.469. The highest BCUT2D eigenvalue weighted by molar-refractivity contribution is 9.10. The number of thiocarbonyl (C=S) groups is 1. The van der Waals surface area contributed by atoms with Crippen molar-refractivity contribution in [3.8, 4) is 0 Å². The van der Waals surface area contributed by atoms with Crippen molar-refractivity contribution >= 4 is 78.4 Å². The summed E-state index contributed by atoms with van der Waals surface area (Å²) >= 11 is 9.81. The largest absolute Gasteiger partial charge is 0.284 e. The van der Waals surface area contributed by atoms with Crippen LogP contribution in [0.1, 0.15) is 5.56 Å². The molecule has 138 valence electrons. The van der Waals surface area contributed by atoms with Gasteiger partial charge in [0.05, 0.1) is 20.0 Å². The average Bonchev–Trinajstić information content (AvgIpc) is 2.96. The van der Waals surface area contributed by atoms with Gasteiger partial charge in [0.25, 0.3) is 11.6 Å². The molecule has 5 nitrogen and oxygen atoms in total. The monoisotopic (exact) mass is 470 g/mol. The van der Waals surface area contributed by atoms with E-state index in [-0.39, 0.29) is 11.6 Å². The van der Waals surface area contributed by atoms with E-state index < -0.39 is 4.92 Å². The number of nitrogens with zero attached hydrogens (tertiary/aromatic N) is 2. The van der Waals surface area contributed by atoms with E-state index in [2.05, 4.69) is 15.9 Å². The fourth-order valence-corrected chi connectivity index (χ4v) is 4.67. The molecule has 4 rings (SSSR count). The van der Waals surface area contributed by atoms with Crippen LogP contribution in [0.5, 0.6) is 0 Å². The van der Waals surface area contributed by atoms with Crippen molar-refractivity contribution in [2.75, 3.05) is 4.90 Å². The SMILES string of the molecule is O=C1/C(=C\c2ccc(Br)c([N+](=O)[O-])c2)SC(=S)N1c1cccc2ccccc12. The van der Waals surface area contributed by atoms with Crippen molar-refractivity contribution in [2.45, 2.75) is 0 Å². The van der Waals surface area contributed by atoms with Crippen LogP contribution in [-0.4, -0.2) is 15.2 Å². The van der Waals surface area contributed by atoms with E-state index in [1.54, 1.807) is 18.2 Å². The van der Waals surface area contributed by atoms with Crippen LogP contribution in [0.15, 0.2) is 70.0 Å². The van der Waals surface area contributed by atoms with E-state index in [0.717, 1.165) is 16.5 Å². The van der Waals surface area contributed by atoms with Crippen molar-refractivity contribution in [3.05, 3.63) is 85.7 Å². The van der Waals surface area contributed by atoms with Crippen LogP contribution in [-0.2, 0) is 4.79 Å². The maximum absolute atomic E-state index is 13.1.